The molecule has 1 nitrogen and oxygen atoms in total. The molecular formula is C13H16F2O. The molecule has 16 heavy (non-hydrogen) atoms. The zero-order valence-electron chi connectivity index (χ0n) is 9.13. The first-order chi connectivity index (χ1) is 7.61. The van der Waals surface area contributed by atoms with Crippen molar-refractivity contribution in [3.8, 4) is 0 Å². The van der Waals surface area contributed by atoms with E-state index in [0.29, 0.717) is 12.8 Å². The second kappa shape index (κ2) is 4.50. The Morgan fingerprint density at radius 1 is 1.12 bits per heavy atom. The molecule has 1 saturated carbocycles. The van der Waals surface area contributed by atoms with Crippen molar-refractivity contribution in [2.45, 2.75) is 44.1 Å². The van der Waals surface area contributed by atoms with Crippen molar-refractivity contribution in [1.29, 1.82) is 0 Å². The maximum Gasteiger partial charge on any atom is 0.248 e. The van der Waals surface area contributed by atoms with E-state index in [0.717, 1.165) is 11.1 Å². The van der Waals surface area contributed by atoms with Crippen molar-refractivity contribution in [1.82, 2.24) is 0 Å². The average Bonchev–Trinajstić information content (AvgIpc) is 2.29. The molecule has 0 unspecified atom stereocenters. The first-order valence-corrected chi connectivity index (χ1v) is 5.68. The molecular weight excluding hydrogens is 210 g/mol. The number of hydrogen-bond donors (Lipinski definition) is 1. The second-order valence-corrected chi connectivity index (χ2v) is 4.53. The Labute approximate surface area is 94.1 Å². The molecule has 0 aliphatic heterocycles. The highest BCUT2D eigenvalue weighted by Crippen LogP contribution is 2.40. The third kappa shape index (κ3) is 2.59. The van der Waals surface area contributed by atoms with E-state index in [1.807, 2.05) is 24.3 Å². The molecule has 0 amide bonds. The fourth-order valence-electron chi connectivity index (χ4n) is 2.27. The van der Waals surface area contributed by atoms with Crippen molar-refractivity contribution in [3.63, 3.8) is 0 Å². The summed E-state index contributed by atoms with van der Waals surface area (Å²) in [4.78, 5) is 0. The summed E-state index contributed by atoms with van der Waals surface area (Å²) in [5.41, 5.74) is 1.98. The van der Waals surface area contributed by atoms with E-state index in [1.165, 1.54) is 0 Å². The highest BCUT2D eigenvalue weighted by Gasteiger charge is 2.35. The van der Waals surface area contributed by atoms with Crippen molar-refractivity contribution >= 4 is 0 Å². The SMILES string of the molecule is OCc1ccc(C2CCC(F)(F)CC2)cc1. The molecule has 2 rings (SSSR count). The van der Waals surface area contributed by atoms with Crippen molar-refractivity contribution in [2.24, 2.45) is 0 Å². The van der Waals surface area contributed by atoms with Crippen LogP contribution in [0.25, 0.3) is 0 Å². The van der Waals surface area contributed by atoms with Gasteiger partial charge in [0.2, 0.25) is 5.92 Å². The summed E-state index contributed by atoms with van der Waals surface area (Å²) in [7, 11) is 0. The van der Waals surface area contributed by atoms with Crippen LogP contribution >= 0.6 is 0 Å². The monoisotopic (exact) mass is 226 g/mol. The van der Waals surface area contributed by atoms with E-state index in [-0.39, 0.29) is 25.4 Å². The smallest absolute Gasteiger partial charge is 0.248 e. The highest BCUT2D eigenvalue weighted by molar-refractivity contribution is 5.25. The Morgan fingerprint density at radius 2 is 1.69 bits per heavy atom. The van der Waals surface area contributed by atoms with E-state index >= 15 is 0 Å². The van der Waals surface area contributed by atoms with Gasteiger partial charge in [0.1, 0.15) is 0 Å². The first-order valence-electron chi connectivity index (χ1n) is 5.68. The standard InChI is InChI=1S/C13H16F2O/c14-13(15)7-5-12(6-8-13)11-3-1-10(9-16)2-4-11/h1-4,12,16H,5-9H2. The largest absolute Gasteiger partial charge is 0.392 e. The van der Waals surface area contributed by atoms with Crippen LogP contribution in [0.2, 0.25) is 0 Å². The molecule has 0 saturated heterocycles. The molecule has 0 radical (unpaired) electrons. The van der Waals surface area contributed by atoms with Gasteiger partial charge < -0.3 is 5.11 Å². The normalized spacial score (nSPS) is 20.9. The third-order valence-electron chi connectivity index (χ3n) is 3.35. The summed E-state index contributed by atoms with van der Waals surface area (Å²) in [6.07, 6.45) is 1.12. The van der Waals surface area contributed by atoms with Gasteiger partial charge >= 0.3 is 0 Å². The number of halogens is 2. The van der Waals surface area contributed by atoms with Crippen LogP contribution in [0.5, 0.6) is 0 Å². The van der Waals surface area contributed by atoms with Crippen LogP contribution in [0.1, 0.15) is 42.7 Å². The van der Waals surface area contributed by atoms with Crippen LogP contribution < -0.4 is 0 Å². The minimum atomic E-state index is -2.46. The zero-order valence-corrected chi connectivity index (χ0v) is 9.13. The molecule has 88 valence electrons. The molecule has 1 fully saturated rings. The van der Waals surface area contributed by atoms with Gasteiger partial charge in [-0.1, -0.05) is 24.3 Å². The van der Waals surface area contributed by atoms with E-state index < -0.39 is 5.92 Å². The number of hydrogen-bond acceptors (Lipinski definition) is 1. The van der Waals surface area contributed by atoms with Gasteiger partial charge in [-0.2, -0.15) is 0 Å². The van der Waals surface area contributed by atoms with Crippen LogP contribution in [0.3, 0.4) is 0 Å². The maximum absolute atomic E-state index is 13.0. The Morgan fingerprint density at radius 3 is 2.19 bits per heavy atom. The summed E-state index contributed by atoms with van der Waals surface area (Å²) >= 11 is 0. The minimum absolute atomic E-state index is 0.000577. The maximum atomic E-state index is 13.0. The topological polar surface area (TPSA) is 20.2 Å². The van der Waals surface area contributed by atoms with E-state index in [2.05, 4.69) is 0 Å². The Kier molecular flexibility index (Phi) is 3.24. The van der Waals surface area contributed by atoms with E-state index in [9.17, 15) is 8.78 Å². The van der Waals surface area contributed by atoms with Gasteiger partial charge in [-0.15, -0.1) is 0 Å². The molecule has 0 spiro atoms. The summed E-state index contributed by atoms with van der Waals surface area (Å²) in [5.74, 6) is -2.20. The molecule has 1 aromatic carbocycles. The minimum Gasteiger partial charge on any atom is -0.392 e. The molecule has 1 aliphatic carbocycles. The lowest BCUT2D eigenvalue weighted by atomic mass is 9.82. The molecule has 0 aromatic heterocycles. The van der Waals surface area contributed by atoms with Gasteiger partial charge in [0.05, 0.1) is 6.61 Å². The molecule has 0 bridgehead atoms. The van der Waals surface area contributed by atoms with E-state index in [1.54, 1.807) is 0 Å². The van der Waals surface area contributed by atoms with Crippen LogP contribution in [-0.4, -0.2) is 11.0 Å². The predicted octanol–water partition coefficient (Wildman–Crippen LogP) is 3.47. The second-order valence-electron chi connectivity index (χ2n) is 4.53. The zero-order chi connectivity index (χ0) is 11.6. The van der Waals surface area contributed by atoms with Crippen LogP contribution in [0.15, 0.2) is 24.3 Å². The number of aliphatic hydroxyl groups excluding tert-OH is 1. The number of aliphatic hydroxyl groups is 1. The third-order valence-corrected chi connectivity index (χ3v) is 3.35. The molecule has 1 N–H and O–H groups in total. The lowest BCUT2D eigenvalue weighted by molar-refractivity contribution is -0.0382. The van der Waals surface area contributed by atoms with Gasteiger partial charge in [-0.25, -0.2) is 8.78 Å². The summed E-state index contributed by atoms with van der Waals surface area (Å²) in [5, 5.41) is 8.91. The summed E-state index contributed by atoms with van der Waals surface area (Å²) in [6.45, 7) is 0.0308. The highest BCUT2D eigenvalue weighted by atomic mass is 19.3. The van der Waals surface area contributed by atoms with Gasteiger partial charge in [-0.3, -0.25) is 0 Å². The van der Waals surface area contributed by atoms with Gasteiger partial charge in [0.15, 0.2) is 0 Å². The summed E-state index contributed by atoms with van der Waals surface area (Å²) in [6, 6.07) is 7.61. The number of benzene rings is 1. The molecule has 3 heteroatoms. The predicted molar refractivity (Wildman–Crippen MR) is 58.5 cm³/mol. The lowest BCUT2D eigenvalue weighted by Gasteiger charge is -2.28. The summed E-state index contributed by atoms with van der Waals surface area (Å²) < 4.78 is 26.0. The molecule has 1 aliphatic rings. The molecule has 1 aromatic rings. The fourth-order valence-corrected chi connectivity index (χ4v) is 2.27. The lowest BCUT2D eigenvalue weighted by Crippen LogP contribution is -2.23. The van der Waals surface area contributed by atoms with Gasteiger partial charge in [0.25, 0.3) is 0 Å². The van der Waals surface area contributed by atoms with Crippen LogP contribution in [0, 0.1) is 0 Å². The van der Waals surface area contributed by atoms with Crippen molar-refractivity contribution in [3.05, 3.63) is 35.4 Å². The first kappa shape index (κ1) is 11.5. The van der Waals surface area contributed by atoms with Crippen molar-refractivity contribution in [2.75, 3.05) is 0 Å². The van der Waals surface area contributed by atoms with Gasteiger partial charge in [-0.05, 0) is 29.9 Å². The Hall–Kier alpha value is -0.960. The van der Waals surface area contributed by atoms with Crippen LogP contribution in [0.4, 0.5) is 8.78 Å². The Bertz CT molecular complexity index is 335. The van der Waals surface area contributed by atoms with Crippen LogP contribution in [-0.2, 0) is 6.61 Å². The number of rotatable bonds is 2. The number of alkyl halides is 2. The van der Waals surface area contributed by atoms with Gasteiger partial charge in [0, 0.05) is 12.8 Å². The fraction of sp³-hybridized carbons (Fsp3) is 0.538. The average molecular weight is 226 g/mol. The molecule has 0 heterocycles. The quantitative estimate of drug-likeness (QED) is 0.818. The van der Waals surface area contributed by atoms with Crippen molar-refractivity contribution < 1.29 is 13.9 Å². The Balaban J connectivity index is 2.03. The molecule has 0 atom stereocenters. The van der Waals surface area contributed by atoms with E-state index in [4.69, 9.17) is 5.11 Å².